The van der Waals surface area contributed by atoms with Crippen molar-refractivity contribution >= 4 is 0 Å². The maximum atomic E-state index is 14.5. The first kappa shape index (κ1) is 33.0. The van der Waals surface area contributed by atoms with E-state index in [1.54, 1.807) is 19.9 Å². The Labute approximate surface area is 214 Å². The summed E-state index contributed by atoms with van der Waals surface area (Å²) in [5, 5.41) is 0. The molecule has 0 spiro atoms. The van der Waals surface area contributed by atoms with Crippen LogP contribution in [0.5, 0.6) is 0 Å². The van der Waals surface area contributed by atoms with Crippen LogP contribution in [0.3, 0.4) is 0 Å². The second-order valence-electron chi connectivity index (χ2n) is 8.55. The van der Waals surface area contributed by atoms with Crippen LogP contribution in [0, 0.1) is 11.8 Å². The summed E-state index contributed by atoms with van der Waals surface area (Å²) in [6.45, 7) is 29.4. The molecule has 6 heteroatoms. The average molecular weight is 509 g/mol. The Morgan fingerprint density at radius 1 is 0.722 bits per heavy atom. The first-order valence-corrected chi connectivity index (χ1v) is 12.0. The zero-order valence-electron chi connectivity index (χ0n) is 22.1. The van der Waals surface area contributed by atoms with E-state index in [4.69, 9.17) is 9.47 Å². The smallest absolute Gasteiger partial charge is 0.200 e. The molecular formula is C30H40F4O2. The van der Waals surface area contributed by atoms with Crippen LogP contribution in [0.15, 0.2) is 109 Å². The lowest BCUT2D eigenvalue weighted by molar-refractivity contribution is 0.203. The van der Waals surface area contributed by atoms with Gasteiger partial charge in [0.05, 0.1) is 13.2 Å². The van der Waals surface area contributed by atoms with Gasteiger partial charge in [-0.1, -0.05) is 84.4 Å². The van der Waals surface area contributed by atoms with Crippen molar-refractivity contribution in [2.75, 3.05) is 13.2 Å². The topological polar surface area (TPSA) is 18.5 Å². The molecule has 2 unspecified atom stereocenters. The highest BCUT2D eigenvalue weighted by Gasteiger charge is 2.20. The fourth-order valence-electron chi connectivity index (χ4n) is 2.85. The Bertz CT molecular complexity index is 950. The highest BCUT2D eigenvalue weighted by molar-refractivity contribution is 5.49. The third kappa shape index (κ3) is 10.7. The molecule has 0 saturated heterocycles. The molecule has 2 atom stereocenters. The van der Waals surface area contributed by atoms with Gasteiger partial charge in [0.1, 0.15) is 0 Å². The lowest BCUT2D eigenvalue weighted by Crippen LogP contribution is -2.06. The van der Waals surface area contributed by atoms with Gasteiger partial charge in [-0.05, 0) is 49.2 Å². The molecule has 0 bridgehead atoms. The number of unbranched alkanes of at least 4 members (excludes halogenated alkanes) is 1. The summed E-state index contributed by atoms with van der Waals surface area (Å²) in [6.07, 6.45) is 5.83. The monoisotopic (exact) mass is 508 g/mol. The summed E-state index contributed by atoms with van der Waals surface area (Å²) in [7, 11) is 0. The summed E-state index contributed by atoms with van der Waals surface area (Å²) in [5.41, 5.74) is 0.652. The third-order valence-electron chi connectivity index (χ3n) is 5.66. The van der Waals surface area contributed by atoms with E-state index < -0.39 is 29.1 Å². The second-order valence-corrected chi connectivity index (χ2v) is 8.55. The lowest BCUT2D eigenvalue weighted by Gasteiger charge is -2.18. The fourth-order valence-corrected chi connectivity index (χ4v) is 2.85. The molecule has 0 aliphatic carbocycles. The van der Waals surface area contributed by atoms with Crippen LogP contribution < -0.4 is 0 Å². The molecule has 0 heterocycles. The van der Waals surface area contributed by atoms with Gasteiger partial charge in [-0.2, -0.15) is 8.78 Å². The molecule has 0 rings (SSSR count). The van der Waals surface area contributed by atoms with Gasteiger partial charge in [-0.15, -0.1) is 0 Å². The Balaban J connectivity index is 5.00. The summed E-state index contributed by atoms with van der Waals surface area (Å²) in [5.74, 6) is -5.74. The Morgan fingerprint density at radius 2 is 1.25 bits per heavy atom. The number of allylic oxidation sites excluding steroid dienone is 10. The van der Waals surface area contributed by atoms with Crippen molar-refractivity contribution in [3.8, 4) is 0 Å². The summed E-state index contributed by atoms with van der Waals surface area (Å²) < 4.78 is 67.2. The molecule has 0 aromatic heterocycles. The average Bonchev–Trinajstić information content (AvgIpc) is 2.87. The van der Waals surface area contributed by atoms with Crippen molar-refractivity contribution in [1.82, 2.24) is 0 Å². The van der Waals surface area contributed by atoms with Gasteiger partial charge in [0.2, 0.25) is 5.83 Å². The van der Waals surface area contributed by atoms with Gasteiger partial charge < -0.3 is 9.47 Å². The molecular weight excluding hydrogens is 468 g/mol. The maximum Gasteiger partial charge on any atom is 0.200 e. The van der Waals surface area contributed by atoms with E-state index in [-0.39, 0.29) is 47.5 Å². The normalized spacial score (nSPS) is 14.3. The van der Waals surface area contributed by atoms with Crippen molar-refractivity contribution in [2.45, 2.75) is 53.4 Å². The lowest BCUT2D eigenvalue weighted by atomic mass is 9.89. The van der Waals surface area contributed by atoms with E-state index >= 15 is 0 Å². The maximum absolute atomic E-state index is 14.5. The van der Waals surface area contributed by atoms with Crippen molar-refractivity contribution in [1.29, 1.82) is 0 Å². The second kappa shape index (κ2) is 16.6. The van der Waals surface area contributed by atoms with E-state index in [1.807, 2.05) is 13.8 Å². The van der Waals surface area contributed by atoms with Gasteiger partial charge in [0.15, 0.2) is 29.0 Å². The third-order valence-corrected chi connectivity index (χ3v) is 5.66. The first-order valence-electron chi connectivity index (χ1n) is 12.0. The van der Waals surface area contributed by atoms with Gasteiger partial charge in [0, 0.05) is 5.57 Å². The standard InChI is InChI=1S/C30H40F4O2/c1-11-13-18-36-26(10)30(34)28(32)24(8)22(6)17-15-20(4)19(3)14-16-21(5)23(7)27(31)29(33)25(9)35-12-2/h14,16,20,22H,3,5,7-13,15,17-18H2,1-2,4,6H3/b16-14-,29-27-,30-28-. The summed E-state index contributed by atoms with van der Waals surface area (Å²) in [4.78, 5) is 0. The molecule has 0 N–H and O–H groups in total. The van der Waals surface area contributed by atoms with Crippen LogP contribution in [0.2, 0.25) is 0 Å². The van der Waals surface area contributed by atoms with Gasteiger partial charge in [0.25, 0.3) is 0 Å². The summed E-state index contributed by atoms with van der Waals surface area (Å²) in [6, 6.07) is 0. The Hall–Kier alpha value is -3.02. The minimum absolute atomic E-state index is 0.0309. The van der Waals surface area contributed by atoms with Crippen molar-refractivity contribution in [2.24, 2.45) is 11.8 Å². The van der Waals surface area contributed by atoms with Crippen molar-refractivity contribution in [3.63, 3.8) is 0 Å². The van der Waals surface area contributed by atoms with E-state index in [9.17, 15) is 17.6 Å². The molecule has 2 nitrogen and oxygen atoms in total. The van der Waals surface area contributed by atoms with Gasteiger partial charge >= 0.3 is 0 Å². The Morgan fingerprint density at radius 3 is 1.81 bits per heavy atom. The van der Waals surface area contributed by atoms with Gasteiger partial charge in [-0.25, -0.2) is 8.78 Å². The predicted octanol–water partition coefficient (Wildman–Crippen LogP) is 10.0. The molecule has 0 aliphatic heterocycles. The molecule has 200 valence electrons. The molecule has 36 heavy (non-hydrogen) atoms. The largest absolute Gasteiger partial charge is 0.491 e. The van der Waals surface area contributed by atoms with Crippen LogP contribution in [0.1, 0.15) is 53.4 Å². The van der Waals surface area contributed by atoms with Crippen LogP contribution in [0.25, 0.3) is 0 Å². The predicted molar refractivity (Wildman–Crippen MR) is 143 cm³/mol. The number of hydrogen-bond acceptors (Lipinski definition) is 2. The fraction of sp³-hybridized carbons (Fsp3) is 0.400. The first-order chi connectivity index (χ1) is 16.8. The van der Waals surface area contributed by atoms with E-state index in [0.717, 1.165) is 12.8 Å². The quantitative estimate of drug-likeness (QED) is 0.0794. The minimum atomic E-state index is -1.23. The highest BCUT2D eigenvalue weighted by atomic mass is 19.2. The molecule has 0 amide bonds. The molecule has 0 saturated carbocycles. The highest BCUT2D eigenvalue weighted by Crippen LogP contribution is 2.31. The number of hydrogen-bond donors (Lipinski definition) is 0. The van der Waals surface area contributed by atoms with E-state index in [2.05, 4.69) is 39.5 Å². The molecule has 0 aromatic carbocycles. The van der Waals surface area contributed by atoms with Crippen LogP contribution >= 0.6 is 0 Å². The molecule has 0 aromatic rings. The van der Waals surface area contributed by atoms with Crippen LogP contribution in [-0.2, 0) is 9.47 Å². The Kier molecular flexibility index (Phi) is 15.2. The molecule has 0 fully saturated rings. The zero-order valence-corrected chi connectivity index (χ0v) is 22.1. The number of halogens is 4. The van der Waals surface area contributed by atoms with Crippen LogP contribution in [-0.4, -0.2) is 13.2 Å². The summed E-state index contributed by atoms with van der Waals surface area (Å²) >= 11 is 0. The van der Waals surface area contributed by atoms with Crippen molar-refractivity contribution in [3.05, 3.63) is 109 Å². The number of ether oxygens (including phenoxy) is 2. The SMILES string of the molecule is C=C(/C=C\C(=C)C(C)CCC(C)C(=C)/C(F)=C(/F)C(=C)OCCCC)C(=C)/C(F)=C(/F)C(=C)OCC. The van der Waals surface area contributed by atoms with Gasteiger partial charge in [-0.3, -0.25) is 0 Å². The number of rotatable bonds is 18. The minimum Gasteiger partial charge on any atom is -0.491 e. The van der Waals surface area contributed by atoms with Crippen molar-refractivity contribution < 1.29 is 27.0 Å². The van der Waals surface area contributed by atoms with Crippen LogP contribution in [0.4, 0.5) is 17.6 Å². The zero-order chi connectivity index (χ0) is 28.0. The van der Waals surface area contributed by atoms with E-state index in [0.29, 0.717) is 18.4 Å². The van der Waals surface area contributed by atoms with E-state index in [1.165, 1.54) is 6.08 Å². The molecule has 0 radical (unpaired) electrons. The molecule has 0 aliphatic rings.